The summed E-state index contributed by atoms with van der Waals surface area (Å²) in [5.41, 5.74) is 2.46. The first-order valence-corrected chi connectivity index (χ1v) is 11.5. The maximum Gasteiger partial charge on any atom is 0.255 e. The van der Waals surface area contributed by atoms with E-state index in [2.05, 4.69) is 22.3 Å². The number of rotatable bonds is 7. The first-order chi connectivity index (χ1) is 16.5. The molecule has 1 atom stereocenters. The number of nitrogens with zero attached hydrogens (tertiary/aromatic N) is 2. The van der Waals surface area contributed by atoms with Crippen LogP contribution in [0.4, 0.5) is 10.1 Å². The Kier molecular flexibility index (Phi) is 6.27. The molecule has 1 aliphatic rings. The maximum absolute atomic E-state index is 13.3. The van der Waals surface area contributed by atoms with E-state index in [9.17, 15) is 9.18 Å². The van der Waals surface area contributed by atoms with Crippen LogP contribution in [0.15, 0.2) is 71.3 Å². The molecule has 34 heavy (non-hydrogen) atoms. The molecule has 1 N–H and O–H groups in total. The lowest BCUT2D eigenvalue weighted by molar-refractivity contribution is 0.102. The van der Waals surface area contributed by atoms with Gasteiger partial charge in [0.25, 0.3) is 5.91 Å². The minimum Gasteiger partial charge on any atom is -0.492 e. The molecule has 2 heterocycles. The van der Waals surface area contributed by atoms with Gasteiger partial charge in [-0.1, -0.05) is 12.1 Å². The first-order valence-electron chi connectivity index (χ1n) is 11.5. The van der Waals surface area contributed by atoms with Crippen molar-refractivity contribution in [3.8, 4) is 17.1 Å². The third-order valence-electron chi connectivity index (χ3n) is 6.14. The van der Waals surface area contributed by atoms with E-state index >= 15 is 0 Å². The molecule has 1 fully saturated rings. The van der Waals surface area contributed by atoms with Crippen molar-refractivity contribution in [1.29, 1.82) is 0 Å². The van der Waals surface area contributed by atoms with Crippen LogP contribution in [0.3, 0.4) is 0 Å². The van der Waals surface area contributed by atoms with E-state index in [1.807, 2.05) is 24.3 Å². The zero-order valence-electron chi connectivity index (χ0n) is 19.0. The molecule has 1 amide bonds. The van der Waals surface area contributed by atoms with Gasteiger partial charge in [0.1, 0.15) is 23.7 Å². The third-order valence-corrected chi connectivity index (χ3v) is 6.14. The number of carbonyl (C=O) groups excluding carboxylic acids is 1. The Morgan fingerprint density at radius 1 is 1.15 bits per heavy atom. The van der Waals surface area contributed by atoms with E-state index in [1.54, 1.807) is 30.3 Å². The van der Waals surface area contributed by atoms with Gasteiger partial charge in [-0.05, 0) is 85.6 Å². The highest BCUT2D eigenvalue weighted by Gasteiger charge is 2.18. The van der Waals surface area contributed by atoms with Gasteiger partial charge in [0.15, 0.2) is 5.76 Å². The Balaban J connectivity index is 1.22. The highest BCUT2D eigenvalue weighted by molar-refractivity contribution is 6.07. The Morgan fingerprint density at radius 3 is 2.68 bits per heavy atom. The number of ether oxygens (including phenoxy) is 1. The van der Waals surface area contributed by atoms with E-state index in [0.717, 1.165) is 31.3 Å². The molecule has 0 radical (unpaired) electrons. The summed E-state index contributed by atoms with van der Waals surface area (Å²) in [6.07, 6.45) is 1.26. The summed E-state index contributed by atoms with van der Waals surface area (Å²) in [7, 11) is 0. The van der Waals surface area contributed by atoms with Gasteiger partial charge in [0, 0.05) is 29.9 Å². The minimum absolute atomic E-state index is 0.245. The van der Waals surface area contributed by atoms with Crippen LogP contribution in [0.2, 0.25) is 0 Å². The number of anilines is 1. The van der Waals surface area contributed by atoms with Crippen molar-refractivity contribution < 1.29 is 18.4 Å². The summed E-state index contributed by atoms with van der Waals surface area (Å²) in [4.78, 5) is 15.3. The van der Waals surface area contributed by atoms with E-state index in [-0.39, 0.29) is 11.7 Å². The van der Waals surface area contributed by atoms with Crippen LogP contribution in [0.25, 0.3) is 22.2 Å². The number of benzene rings is 3. The molecule has 0 aliphatic carbocycles. The van der Waals surface area contributed by atoms with E-state index < -0.39 is 0 Å². The number of halogens is 1. The smallest absolute Gasteiger partial charge is 0.255 e. The Bertz CT molecular complexity index is 1280. The van der Waals surface area contributed by atoms with Crippen molar-refractivity contribution >= 4 is 22.5 Å². The number of fused-ring (bicyclic) bond motifs is 1. The van der Waals surface area contributed by atoms with Crippen LogP contribution in [0.1, 0.15) is 23.7 Å². The first kappa shape index (κ1) is 22.1. The Labute approximate surface area is 197 Å². The van der Waals surface area contributed by atoms with Crippen molar-refractivity contribution in [2.75, 3.05) is 31.6 Å². The second-order valence-electron chi connectivity index (χ2n) is 8.77. The van der Waals surface area contributed by atoms with Crippen LogP contribution >= 0.6 is 0 Å². The fourth-order valence-corrected chi connectivity index (χ4v) is 4.25. The average molecular weight is 460 g/mol. The topological polar surface area (TPSA) is 67.6 Å². The fraction of sp³-hybridized carbons (Fsp3) is 0.259. The second-order valence-corrected chi connectivity index (χ2v) is 8.77. The third kappa shape index (κ3) is 4.94. The Hall–Kier alpha value is -3.71. The molecule has 0 bridgehead atoms. The van der Waals surface area contributed by atoms with Crippen LogP contribution < -0.4 is 10.1 Å². The van der Waals surface area contributed by atoms with E-state index in [4.69, 9.17) is 9.26 Å². The molecule has 0 saturated carbocycles. The summed E-state index contributed by atoms with van der Waals surface area (Å²) in [5, 5.41) is 7.65. The van der Waals surface area contributed by atoms with Crippen molar-refractivity contribution in [2.45, 2.75) is 13.3 Å². The normalized spacial score (nSPS) is 16.1. The van der Waals surface area contributed by atoms with Crippen LogP contribution in [0.5, 0.6) is 5.75 Å². The van der Waals surface area contributed by atoms with Crippen molar-refractivity contribution in [3.63, 3.8) is 0 Å². The van der Waals surface area contributed by atoms with Gasteiger partial charge in [0.2, 0.25) is 0 Å². The van der Waals surface area contributed by atoms with Gasteiger partial charge in [-0.15, -0.1) is 0 Å². The Morgan fingerprint density at radius 2 is 1.94 bits per heavy atom. The van der Waals surface area contributed by atoms with Crippen molar-refractivity contribution in [3.05, 3.63) is 78.1 Å². The van der Waals surface area contributed by atoms with Gasteiger partial charge < -0.3 is 14.6 Å². The molecule has 1 aromatic heterocycles. The number of nitrogens with one attached hydrogen (secondary N) is 1. The average Bonchev–Trinajstić information content (AvgIpc) is 3.46. The van der Waals surface area contributed by atoms with Gasteiger partial charge in [-0.2, -0.15) is 0 Å². The van der Waals surface area contributed by atoms with Gasteiger partial charge in [-0.25, -0.2) is 4.39 Å². The van der Waals surface area contributed by atoms with Gasteiger partial charge in [-0.3, -0.25) is 9.69 Å². The lowest BCUT2D eigenvalue weighted by Crippen LogP contribution is -2.25. The number of aromatic nitrogens is 1. The maximum atomic E-state index is 13.3. The number of carbonyl (C=O) groups is 1. The molecule has 174 valence electrons. The lowest BCUT2D eigenvalue weighted by Gasteiger charge is -2.15. The summed E-state index contributed by atoms with van der Waals surface area (Å²) in [5.74, 6) is 1.47. The molecule has 5 rings (SSSR count). The van der Waals surface area contributed by atoms with Crippen LogP contribution in [-0.2, 0) is 0 Å². The quantitative estimate of drug-likeness (QED) is 0.389. The molecule has 7 heteroatoms. The zero-order valence-corrected chi connectivity index (χ0v) is 19.0. The van der Waals surface area contributed by atoms with Crippen LogP contribution in [0, 0.1) is 11.7 Å². The number of likely N-dealkylation sites (tertiary alicyclic amines) is 1. The summed E-state index contributed by atoms with van der Waals surface area (Å²) < 4.78 is 24.6. The molecule has 4 aromatic rings. The van der Waals surface area contributed by atoms with E-state index in [0.29, 0.717) is 40.1 Å². The fourth-order valence-electron chi connectivity index (χ4n) is 4.25. The monoisotopic (exact) mass is 459 g/mol. The molecule has 1 aliphatic heterocycles. The number of hydrogen-bond acceptors (Lipinski definition) is 5. The molecule has 3 aromatic carbocycles. The predicted molar refractivity (Wildman–Crippen MR) is 130 cm³/mol. The van der Waals surface area contributed by atoms with E-state index in [1.165, 1.54) is 18.6 Å². The molecule has 1 unspecified atom stereocenters. The van der Waals surface area contributed by atoms with Gasteiger partial charge >= 0.3 is 0 Å². The molecular weight excluding hydrogens is 433 g/mol. The highest BCUT2D eigenvalue weighted by atomic mass is 19.1. The zero-order chi connectivity index (χ0) is 23.5. The van der Waals surface area contributed by atoms with Crippen molar-refractivity contribution in [2.24, 2.45) is 5.92 Å². The molecule has 6 nitrogen and oxygen atoms in total. The predicted octanol–water partition coefficient (Wildman–Crippen LogP) is 5.61. The summed E-state index contributed by atoms with van der Waals surface area (Å²) in [6, 6.07) is 18.5. The van der Waals surface area contributed by atoms with Crippen LogP contribution in [-0.4, -0.2) is 42.2 Å². The standard InChI is InChI=1S/C27H26FN3O3/c1-18-12-13-31(17-18)14-15-33-23-9-7-22(8-10-23)29-27(32)20-4-11-25-24(16-20)26(34-30-25)19-2-5-21(28)6-3-19/h2-11,16,18H,12-15,17H2,1H3,(H,29,32). The SMILES string of the molecule is CC1CCN(CCOc2ccc(NC(=O)c3ccc4noc(-c5ccc(F)cc5)c4c3)cc2)C1. The molecule has 0 spiro atoms. The number of hydrogen-bond donors (Lipinski definition) is 1. The highest BCUT2D eigenvalue weighted by Crippen LogP contribution is 2.30. The summed E-state index contributed by atoms with van der Waals surface area (Å²) >= 11 is 0. The van der Waals surface area contributed by atoms with Gasteiger partial charge in [0.05, 0.1) is 5.39 Å². The molecule has 1 saturated heterocycles. The number of amides is 1. The second kappa shape index (κ2) is 9.65. The summed E-state index contributed by atoms with van der Waals surface area (Å²) in [6.45, 7) is 6.13. The molecular formula is C27H26FN3O3. The minimum atomic E-state index is -0.328. The van der Waals surface area contributed by atoms with Crippen molar-refractivity contribution in [1.82, 2.24) is 10.1 Å². The lowest BCUT2D eigenvalue weighted by atomic mass is 10.1. The largest absolute Gasteiger partial charge is 0.492 e.